The van der Waals surface area contributed by atoms with Crippen molar-refractivity contribution in [2.24, 2.45) is 5.92 Å². The molecule has 0 fully saturated rings. The van der Waals surface area contributed by atoms with E-state index in [1.807, 2.05) is 0 Å². The van der Waals surface area contributed by atoms with Gasteiger partial charge < -0.3 is 15.0 Å². The molecule has 2 N–H and O–H groups in total. The standard InChI is InChI=1S/C10H18O4/c1-8(4-2-6-11)10(14)9(13)5-3-7-12/h6,8,10,12,14H,2-5,7H2,1H3. The Labute approximate surface area is 83.9 Å². The number of aliphatic hydroxyl groups excluding tert-OH is 2. The molecule has 0 heterocycles. The Balaban J connectivity index is 3.83. The molecule has 2 unspecified atom stereocenters. The van der Waals surface area contributed by atoms with Gasteiger partial charge in [0.1, 0.15) is 12.4 Å². The van der Waals surface area contributed by atoms with Crippen molar-refractivity contribution < 1.29 is 19.8 Å². The number of aldehydes is 1. The molecular formula is C10H18O4. The molecule has 4 nitrogen and oxygen atoms in total. The van der Waals surface area contributed by atoms with Gasteiger partial charge in [-0.3, -0.25) is 4.79 Å². The number of Topliss-reactive ketones (excluding diaryl/α,β-unsaturated/α-hetero) is 1. The smallest absolute Gasteiger partial charge is 0.161 e. The molecule has 0 aliphatic rings. The second-order valence-electron chi connectivity index (χ2n) is 3.46. The molecule has 0 spiro atoms. The van der Waals surface area contributed by atoms with Crippen LogP contribution in [0.2, 0.25) is 0 Å². The Hall–Kier alpha value is -0.740. The monoisotopic (exact) mass is 202 g/mol. The first-order valence-electron chi connectivity index (χ1n) is 4.88. The molecule has 0 bridgehead atoms. The molecule has 0 rings (SSSR count). The second-order valence-corrected chi connectivity index (χ2v) is 3.46. The third-order valence-corrected chi connectivity index (χ3v) is 2.19. The molecule has 14 heavy (non-hydrogen) atoms. The van der Waals surface area contributed by atoms with Gasteiger partial charge in [-0.05, 0) is 18.8 Å². The van der Waals surface area contributed by atoms with Crippen molar-refractivity contribution in [3.8, 4) is 0 Å². The molecule has 0 amide bonds. The summed E-state index contributed by atoms with van der Waals surface area (Å²) in [4.78, 5) is 21.3. The first kappa shape index (κ1) is 13.3. The molecular weight excluding hydrogens is 184 g/mol. The topological polar surface area (TPSA) is 74.6 Å². The van der Waals surface area contributed by atoms with E-state index in [1.165, 1.54) is 0 Å². The van der Waals surface area contributed by atoms with Gasteiger partial charge in [-0.1, -0.05) is 6.92 Å². The van der Waals surface area contributed by atoms with Crippen LogP contribution in [0.25, 0.3) is 0 Å². The van der Waals surface area contributed by atoms with Crippen LogP contribution in [0.15, 0.2) is 0 Å². The highest BCUT2D eigenvalue weighted by atomic mass is 16.3. The minimum atomic E-state index is -0.999. The zero-order valence-electron chi connectivity index (χ0n) is 8.48. The zero-order chi connectivity index (χ0) is 11.0. The van der Waals surface area contributed by atoms with Crippen LogP contribution in [0.1, 0.15) is 32.6 Å². The van der Waals surface area contributed by atoms with Gasteiger partial charge in [0.25, 0.3) is 0 Å². The summed E-state index contributed by atoms with van der Waals surface area (Å²) < 4.78 is 0. The van der Waals surface area contributed by atoms with E-state index in [-0.39, 0.29) is 24.7 Å². The van der Waals surface area contributed by atoms with E-state index in [0.29, 0.717) is 19.3 Å². The van der Waals surface area contributed by atoms with Gasteiger partial charge in [0, 0.05) is 19.4 Å². The third-order valence-electron chi connectivity index (χ3n) is 2.19. The van der Waals surface area contributed by atoms with Crippen LogP contribution >= 0.6 is 0 Å². The molecule has 0 aromatic rings. The summed E-state index contributed by atoms with van der Waals surface area (Å²) in [5.41, 5.74) is 0. The van der Waals surface area contributed by atoms with Gasteiger partial charge in [0.2, 0.25) is 0 Å². The van der Waals surface area contributed by atoms with Crippen LogP contribution < -0.4 is 0 Å². The second kappa shape index (κ2) is 7.64. The number of carbonyl (C=O) groups is 2. The Bertz CT molecular complexity index is 179. The van der Waals surface area contributed by atoms with Gasteiger partial charge >= 0.3 is 0 Å². The summed E-state index contributed by atoms with van der Waals surface area (Å²) in [6.45, 7) is 1.70. The van der Waals surface area contributed by atoms with Crippen LogP contribution in [0.3, 0.4) is 0 Å². The van der Waals surface area contributed by atoms with Gasteiger partial charge in [0.15, 0.2) is 5.78 Å². The molecule has 82 valence electrons. The summed E-state index contributed by atoms with van der Waals surface area (Å²) >= 11 is 0. The maximum atomic E-state index is 11.3. The predicted molar refractivity (Wildman–Crippen MR) is 51.8 cm³/mol. The van der Waals surface area contributed by atoms with E-state index in [1.54, 1.807) is 6.92 Å². The number of ketones is 1. The van der Waals surface area contributed by atoms with Crippen molar-refractivity contribution in [3.63, 3.8) is 0 Å². The maximum Gasteiger partial charge on any atom is 0.161 e. The Morgan fingerprint density at radius 3 is 2.64 bits per heavy atom. The average Bonchev–Trinajstić information content (AvgIpc) is 2.21. The quantitative estimate of drug-likeness (QED) is 0.555. The van der Waals surface area contributed by atoms with E-state index in [2.05, 4.69) is 0 Å². The van der Waals surface area contributed by atoms with E-state index in [4.69, 9.17) is 5.11 Å². The minimum absolute atomic E-state index is 0.0405. The molecule has 0 aliphatic carbocycles. The van der Waals surface area contributed by atoms with Crippen molar-refractivity contribution in [1.82, 2.24) is 0 Å². The number of hydrogen-bond donors (Lipinski definition) is 2. The molecule has 4 heteroatoms. The average molecular weight is 202 g/mol. The van der Waals surface area contributed by atoms with E-state index in [0.717, 1.165) is 6.29 Å². The van der Waals surface area contributed by atoms with Gasteiger partial charge in [0.05, 0.1) is 0 Å². The highest BCUT2D eigenvalue weighted by Gasteiger charge is 2.20. The summed E-state index contributed by atoms with van der Waals surface area (Å²) in [5.74, 6) is -0.441. The highest BCUT2D eigenvalue weighted by Crippen LogP contribution is 2.12. The van der Waals surface area contributed by atoms with Crippen LogP contribution in [0.5, 0.6) is 0 Å². The molecule has 0 aromatic heterocycles. The number of aliphatic hydroxyl groups is 2. The fraction of sp³-hybridized carbons (Fsp3) is 0.800. The first-order chi connectivity index (χ1) is 6.63. The largest absolute Gasteiger partial charge is 0.396 e. The fourth-order valence-corrected chi connectivity index (χ4v) is 1.21. The normalized spacial score (nSPS) is 14.8. The summed E-state index contributed by atoms with van der Waals surface area (Å²) in [7, 11) is 0. The predicted octanol–water partition coefficient (Wildman–Crippen LogP) is 0.304. The molecule has 2 atom stereocenters. The maximum absolute atomic E-state index is 11.3. The van der Waals surface area contributed by atoms with E-state index >= 15 is 0 Å². The zero-order valence-corrected chi connectivity index (χ0v) is 8.48. The van der Waals surface area contributed by atoms with Crippen LogP contribution in [-0.4, -0.2) is 35.0 Å². The van der Waals surface area contributed by atoms with Crippen molar-refractivity contribution >= 4 is 12.1 Å². The Kier molecular flexibility index (Phi) is 7.24. The van der Waals surface area contributed by atoms with Crippen LogP contribution in [0, 0.1) is 5.92 Å². The lowest BCUT2D eigenvalue weighted by molar-refractivity contribution is -0.130. The van der Waals surface area contributed by atoms with Gasteiger partial charge in [-0.15, -0.1) is 0 Å². The Morgan fingerprint density at radius 1 is 1.50 bits per heavy atom. The highest BCUT2D eigenvalue weighted by molar-refractivity contribution is 5.83. The van der Waals surface area contributed by atoms with Crippen LogP contribution in [-0.2, 0) is 9.59 Å². The Morgan fingerprint density at radius 2 is 2.14 bits per heavy atom. The molecule has 0 aromatic carbocycles. The lowest BCUT2D eigenvalue weighted by Crippen LogP contribution is -2.27. The lowest BCUT2D eigenvalue weighted by atomic mass is 9.94. The number of carbonyl (C=O) groups excluding carboxylic acids is 2. The molecule has 0 saturated heterocycles. The fourth-order valence-electron chi connectivity index (χ4n) is 1.21. The summed E-state index contributed by atoms with van der Waals surface area (Å²) in [6.07, 6.45) is 1.25. The van der Waals surface area contributed by atoms with Gasteiger partial charge in [-0.25, -0.2) is 0 Å². The molecule has 0 aliphatic heterocycles. The lowest BCUT2D eigenvalue weighted by Gasteiger charge is -2.16. The van der Waals surface area contributed by atoms with Crippen molar-refractivity contribution in [3.05, 3.63) is 0 Å². The van der Waals surface area contributed by atoms with Crippen molar-refractivity contribution in [1.29, 1.82) is 0 Å². The number of rotatable bonds is 8. The SMILES string of the molecule is CC(CCC=O)C(O)C(=O)CCCO. The summed E-state index contributed by atoms with van der Waals surface area (Å²) in [5, 5.41) is 18.0. The minimum Gasteiger partial charge on any atom is -0.396 e. The number of hydrogen-bond acceptors (Lipinski definition) is 4. The van der Waals surface area contributed by atoms with E-state index < -0.39 is 6.10 Å². The van der Waals surface area contributed by atoms with Crippen molar-refractivity contribution in [2.45, 2.75) is 38.7 Å². The summed E-state index contributed by atoms with van der Waals surface area (Å²) in [6, 6.07) is 0. The van der Waals surface area contributed by atoms with Gasteiger partial charge in [-0.2, -0.15) is 0 Å². The third kappa shape index (κ3) is 5.09. The van der Waals surface area contributed by atoms with Crippen LogP contribution in [0.4, 0.5) is 0 Å². The van der Waals surface area contributed by atoms with E-state index in [9.17, 15) is 14.7 Å². The molecule has 0 radical (unpaired) electrons. The molecule has 0 saturated carbocycles. The van der Waals surface area contributed by atoms with Crippen molar-refractivity contribution in [2.75, 3.05) is 6.61 Å². The first-order valence-corrected chi connectivity index (χ1v) is 4.88.